The Balaban J connectivity index is 2.10. The normalized spacial score (nSPS) is 12.2. The standard InChI is InChI=1S/C16H20N2O/c1-11-6-12(2)8-15(7-11)19-16-5-4-14(10-18-16)9-13(3)17/h4-8,10,13H,9,17H2,1-3H3. The predicted octanol–water partition coefficient (Wildman–Crippen LogP) is 3.38. The highest BCUT2D eigenvalue weighted by atomic mass is 16.5. The van der Waals surface area contributed by atoms with Crippen LogP contribution in [-0.4, -0.2) is 11.0 Å². The first-order chi connectivity index (χ1) is 9.02. The summed E-state index contributed by atoms with van der Waals surface area (Å²) in [7, 11) is 0. The second-order valence-corrected chi connectivity index (χ2v) is 5.11. The van der Waals surface area contributed by atoms with Crippen LogP contribution in [0.15, 0.2) is 36.5 Å². The first-order valence-electron chi connectivity index (χ1n) is 6.49. The van der Waals surface area contributed by atoms with E-state index >= 15 is 0 Å². The lowest BCUT2D eigenvalue weighted by molar-refractivity contribution is 0.461. The zero-order chi connectivity index (χ0) is 13.8. The molecular weight excluding hydrogens is 236 g/mol. The third-order valence-corrected chi connectivity index (χ3v) is 2.77. The van der Waals surface area contributed by atoms with E-state index in [0.29, 0.717) is 5.88 Å². The van der Waals surface area contributed by atoms with Gasteiger partial charge in [-0.2, -0.15) is 0 Å². The summed E-state index contributed by atoms with van der Waals surface area (Å²) in [4.78, 5) is 4.31. The van der Waals surface area contributed by atoms with Crippen molar-refractivity contribution in [2.75, 3.05) is 0 Å². The Morgan fingerprint density at radius 1 is 1.16 bits per heavy atom. The maximum Gasteiger partial charge on any atom is 0.219 e. The maximum absolute atomic E-state index is 5.76. The van der Waals surface area contributed by atoms with Crippen molar-refractivity contribution in [2.45, 2.75) is 33.2 Å². The minimum atomic E-state index is 0.146. The second-order valence-electron chi connectivity index (χ2n) is 5.11. The number of pyridine rings is 1. The van der Waals surface area contributed by atoms with E-state index in [1.807, 2.05) is 37.4 Å². The SMILES string of the molecule is Cc1cc(C)cc(Oc2ccc(CC(C)N)cn2)c1. The Morgan fingerprint density at radius 2 is 1.84 bits per heavy atom. The van der Waals surface area contributed by atoms with Crippen molar-refractivity contribution in [1.82, 2.24) is 4.98 Å². The van der Waals surface area contributed by atoms with E-state index in [1.54, 1.807) is 0 Å². The minimum Gasteiger partial charge on any atom is -0.439 e. The van der Waals surface area contributed by atoms with E-state index in [4.69, 9.17) is 10.5 Å². The molecular formula is C16H20N2O. The van der Waals surface area contributed by atoms with Crippen LogP contribution in [0.2, 0.25) is 0 Å². The molecule has 0 aliphatic carbocycles. The summed E-state index contributed by atoms with van der Waals surface area (Å²) in [6.07, 6.45) is 2.65. The summed E-state index contributed by atoms with van der Waals surface area (Å²) < 4.78 is 5.76. The number of hydrogen-bond acceptors (Lipinski definition) is 3. The van der Waals surface area contributed by atoms with Gasteiger partial charge >= 0.3 is 0 Å². The van der Waals surface area contributed by atoms with Crippen LogP contribution in [0.5, 0.6) is 11.6 Å². The average molecular weight is 256 g/mol. The molecule has 1 unspecified atom stereocenters. The molecule has 0 aliphatic heterocycles. The Kier molecular flexibility index (Phi) is 4.17. The van der Waals surface area contributed by atoms with Crippen LogP contribution < -0.4 is 10.5 Å². The van der Waals surface area contributed by atoms with Gasteiger partial charge in [0.2, 0.25) is 5.88 Å². The van der Waals surface area contributed by atoms with Crippen LogP contribution in [0.25, 0.3) is 0 Å². The number of ether oxygens (including phenoxy) is 1. The van der Waals surface area contributed by atoms with Gasteiger partial charge in [-0.1, -0.05) is 12.1 Å². The van der Waals surface area contributed by atoms with Crippen LogP contribution in [-0.2, 0) is 6.42 Å². The summed E-state index contributed by atoms with van der Waals surface area (Å²) in [5.41, 5.74) is 9.26. The number of nitrogens with two attached hydrogens (primary N) is 1. The van der Waals surface area contributed by atoms with Gasteiger partial charge in [0.05, 0.1) is 0 Å². The van der Waals surface area contributed by atoms with Crippen LogP contribution in [0.1, 0.15) is 23.6 Å². The average Bonchev–Trinajstić information content (AvgIpc) is 2.29. The second kappa shape index (κ2) is 5.85. The number of aryl methyl sites for hydroxylation is 2. The van der Waals surface area contributed by atoms with E-state index in [0.717, 1.165) is 17.7 Å². The number of hydrogen-bond donors (Lipinski definition) is 1. The number of benzene rings is 1. The third-order valence-electron chi connectivity index (χ3n) is 2.77. The topological polar surface area (TPSA) is 48.1 Å². The van der Waals surface area contributed by atoms with Gasteiger partial charge in [0, 0.05) is 18.3 Å². The quantitative estimate of drug-likeness (QED) is 0.912. The summed E-state index contributed by atoms with van der Waals surface area (Å²) in [5, 5.41) is 0. The van der Waals surface area contributed by atoms with Gasteiger partial charge in [0.1, 0.15) is 5.75 Å². The van der Waals surface area contributed by atoms with Crippen LogP contribution in [0, 0.1) is 13.8 Å². The van der Waals surface area contributed by atoms with Crippen LogP contribution >= 0.6 is 0 Å². The molecule has 1 aromatic heterocycles. The molecule has 3 nitrogen and oxygen atoms in total. The highest BCUT2D eigenvalue weighted by molar-refractivity contribution is 5.35. The highest BCUT2D eigenvalue weighted by Gasteiger charge is 2.02. The van der Waals surface area contributed by atoms with Gasteiger partial charge in [-0.05, 0) is 56.0 Å². The first kappa shape index (κ1) is 13.6. The molecule has 0 saturated carbocycles. The Labute approximate surface area is 114 Å². The van der Waals surface area contributed by atoms with Gasteiger partial charge < -0.3 is 10.5 Å². The zero-order valence-electron chi connectivity index (χ0n) is 11.7. The monoisotopic (exact) mass is 256 g/mol. The molecule has 0 radical (unpaired) electrons. The van der Waals surface area contributed by atoms with Gasteiger partial charge in [-0.15, -0.1) is 0 Å². The molecule has 1 heterocycles. The lowest BCUT2D eigenvalue weighted by atomic mass is 10.1. The van der Waals surface area contributed by atoms with Crippen LogP contribution in [0.4, 0.5) is 0 Å². The molecule has 0 saturated heterocycles. The fraction of sp³-hybridized carbons (Fsp3) is 0.312. The molecule has 0 bridgehead atoms. The Hall–Kier alpha value is -1.87. The Bertz CT molecular complexity index is 527. The molecule has 3 heteroatoms. The van der Waals surface area contributed by atoms with Gasteiger partial charge in [-0.25, -0.2) is 4.98 Å². The van der Waals surface area contributed by atoms with Gasteiger partial charge in [-0.3, -0.25) is 0 Å². The van der Waals surface area contributed by atoms with E-state index in [2.05, 4.69) is 24.9 Å². The molecule has 0 amide bonds. The molecule has 19 heavy (non-hydrogen) atoms. The molecule has 100 valence electrons. The van der Waals surface area contributed by atoms with Gasteiger partial charge in [0.25, 0.3) is 0 Å². The lowest BCUT2D eigenvalue weighted by Gasteiger charge is -2.08. The van der Waals surface area contributed by atoms with Crippen molar-refractivity contribution in [3.8, 4) is 11.6 Å². The summed E-state index contributed by atoms with van der Waals surface area (Å²) >= 11 is 0. The summed E-state index contributed by atoms with van der Waals surface area (Å²) in [6, 6.07) is 10.2. The maximum atomic E-state index is 5.76. The highest BCUT2D eigenvalue weighted by Crippen LogP contribution is 2.22. The molecule has 2 aromatic rings. The molecule has 2 rings (SSSR count). The van der Waals surface area contributed by atoms with E-state index < -0.39 is 0 Å². The molecule has 0 spiro atoms. The third kappa shape index (κ3) is 4.07. The van der Waals surface area contributed by atoms with Crippen molar-refractivity contribution in [1.29, 1.82) is 0 Å². The van der Waals surface area contributed by atoms with E-state index in [1.165, 1.54) is 11.1 Å². The van der Waals surface area contributed by atoms with Gasteiger partial charge in [0.15, 0.2) is 0 Å². The summed E-state index contributed by atoms with van der Waals surface area (Å²) in [6.45, 7) is 6.10. The molecule has 0 fully saturated rings. The Morgan fingerprint density at radius 3 is 2.37 bits per heavy atom. The van der Waals surface area contributed by atoms with Crippen molar-refractivity contribution in [3.63, 3.8) is 0 Å². The fourth-order valence-electron chi connectivity index (χ4n) is 2.08. The van der Waals surface area contributed by atoms with Crippen molar-refractivity contribution in [3.05, 3.63) is 53.2 Å². The molecule has 1 aromatic carbocycles. The lowest BCUT2D eigenvalue weighted by Crippen LogP contribution is -2.17. The number of nitrogens with zero attached hydrogens (tertiary/aromatic N) is 1. The van der Waals surface area contributed by atoms with Crippen LogP contribution in [0.3, 0.4) is 0 Å². The smallest absolute Gasteiger partial charge is 0.219 e. The zero-order valence-corrected chi connectivity index (χ0v) is 11.7. The molecule has 0 aliphatic rings. The minimum absolute atomic E-state index is 0.146. The van der Waals surface area contributed by atoms with Crippen molar-refractivity contribution in [2.24, 2.45) is 5.73 Å². The number of aromatic nitrogens is 1. The van der Waals surface area contributed by atoms with E-state index in [-0.39, 0.29) is 6.04 Å². The first-order valence-corrected chi connectivity index (χ1v) is 6.49. The predicted molar refractivity (Wildman–Crippen MR) is 77.6 cm³/mol. The summed E-state index contributed by atoms with van der Waals surface area (Å²) in [5.74, 6) is 1.43. The molecule has 1 atom stereocenters. The molecule has 2 N–H and O–H groups in total. The van der Waals surface area contributed by atoms with Crippen molar-refractivity contribution < 1.29 is 4.74 Å². The van der Waals surface area contributed by atoms with Crippen molar-refractivity contribution >= 4 is 0 Å². The largest absolute Gasteiger partial charge is 0.439 e. The van der Waals surface area contributed by atoms with E-state index in [9.17, 15) is 0 Å². The fourth-order valence-corrected chi connectivity index (χ4v) is 2.08. The number of rotatable bonds is 4.